The topological polar surface area (TPSA) is 139 Å². The lowest BCUT2D eigenvalue weighted by molar-refractivity contribution is -0.385. The Morgan fingerprint density at radius 2 is 0.841 bits per heavy atom. The number of carbonyl (C=O) groups is 2. The molecular formula is C47H26F6N2O8. The third-order valence-corrected chi connectivity index (χ3v) is 10.1. The van der Waals surface area contributed by atoms with E-state index in [9.17, 15) is 56.2 Å². The van der Waals surface area contributed by atoms with Gasteiger partial charge in [-0.15, -0.1) is 0 Å². The molecule has 63 heavy (non-hydrogen) atoms. The molecule has 0 fully saturated rings. The number of fused-ring (bicyclic) bond motifs is 3. The summed E-state index contributed by atoms with van der Waals surface area (Å²) in [6, 6.07) is 26.9. The quantitative estimate of drug-likeness (QED) is 0.0263. The zero-order chi connectivity index (χ0) is 45.0. The molecule has 0 unspecified atom stereocenters. The molecule has 1 aliphatic carbocycles. The van der Waals surface area contributed by atoms with Gasteiger partial charge in [-0.1, -0.05) is 60.7 Å². The molecule has 0 amide bonds. The molecule has 0 bridgehead atoms. The minimum absolute atomic E-state index is 0.148. The van der Waals surface area contributed by atoms with Gasteiger partial charge in [-0.25, -0.2) is 0 Å². The largest absolute Gasteiger partial charge is 0.428 e. The molecule has 0 saturated heterocycles. The van der Waals surface area contributed by atoms with E-state index in [0.29, 0.717) is 44.5 Å². The first-order chi connectivity index (χ1) is 30.1. The van der Waals surface area contributed by atoms with E-state index in [1.54, 1.807) is 36.4 Å². The maximum atomic E-state index is 13.9. The SMILES string of the molecule is O=C(C=Cc1ccc([N+](=O)[O-])cc1)c1ccc2c(c1)C(c1ccc(OC(F)=C(F)F)cc1)(c1ccc(OC(F)=C(F)F)cc1)c1cc(C(=O)C=Cc3ccc([N+](=O)[O-])cc3)ccc1-2. The Kier molecular flexibility index (Phi) is 12.0. The molecule has 0 atom stereocenters. The van der Waals surface area contributed by atoms with Crippen molar-refractivity contribution < 1.29 is 55.3 Å². The molecule has 1 aliphatic rings. The number of hydrogen-bond donors (Lipinski definition) is 0. The van der Waals surface area contributed by atoms with E-state index in [0.717, 1.165) is 0 Å². The third kappa shape index (κ3) is 8.77. The minimum atomic E-state index is -2.70. The summed E-state index contributed by atoms with van der Waals surface area (Å²) < 4.78 is 89.1. The first-order valence-corrected chi connectivity index (χ1v) is 18.4. The smallest absolute Gasteiger partial charge is 0.344 e. The second kappa shape index (κ2) is 17.7. The number of carbonyl (C=O) groups excluding carboxylic acids is 2. The number of nitro benzene ring substituents is 2. The molecule has 0 heterocycles. The van der Waals surface area contributed by atoms with E-state index >= 15 is 0 Å². The Morgan fingerprint density at radius 3 is 1.16 bits per heavy atom. The molecule has 6 aromatic rings. The average Bonchev–Trinajstić information content (AvgIpc) is 3.57. The maximum Gasteiger partial charge on any atom is 0.344 e. The third-order valence-electron chi connectivity index (χ3n) is 10.1. The number of nitrogens with zero attached hydrogens (tertiary/aromatic N) is 2. The number of nitro groups is 2. The van der Waals surface area contributed by atoms with Gasteiger partial charge in [0.25, 0.3) is 11.4 Å². The molecule has 7 rings (SSSR count). The summed E-state index contributed by atoms with van der Waals surface area (Å²) in [5.41, 5.74) is 2.13. The van der Waals surface area contributed by atoms with Crippen LogP contribution in [0.15, 0.2) is 170 Å². The van der Waals surface area contributed by atoms with Gasteiger partial charge < -0.3 is 9.47 Å². The van der Waals surface area contributed by atoms with Gasteiger partial charge in [0.15, 0.2) is 11.6 Å². The van der Waals surface area contributed by atoms with E-state index in [1.165, 1.54) is 121 Å². The summed E-state index contributed by atoms with van der Waals surface area (Å²) in [6.45, 7) is 0. The van der Waals surface area contributed by atoms with Gasteiger partial charge in [-0.2, -0.15) is 26.3 Å². The van der Waals surface area contributed by atoms with E-state index in [2.05, 4.69) is 9.47 Å². The predicted octanol–water partition coefficient (Wildman–Crippen LogP) is 12.5. The zero-order valence-electron chi connectivity index (χ0n) is 31.9. The Balaban J connectivity index is 1.41. The van der Waals surface area contributed by atoms with Gasteiger partial charge in [0.05, 0.1) is 15.3 Å². The van der Waals surface area contributed by atoms with Crippen LogP contribution in [0.1, 0.15) is 54.1 Å². The monoisotopic (exact) mass is 860 g/mol. The fourth-order valence-corrected chi connectivity index (χ4v) is 7.20. The Hall–Kier alpha value is -8.40. The molecule has 0 radical (unpaired) electrons. The highest BCUT2D eigenvalue weighted by molar-refractivity contribution is 6.09. The number of benzene rings is 6. The van der Waals surface area contributed by atoms with Crippen LogP contribution in [0.3, 0.4) is 0 Å². The number of halogens is 6. The molecule has 0 saturated carbocycles. The van der Waals surface area contributed by atoms with Crippen molar-refractivity contribution in [3.63, 3.8) is 0 Å². The van der Waals surface area contributed by atoms with Crippen LogP contribution in [0.25, 0.3) is 23.3 Å². The summed E-state index contributed by atoms with van der Waals surface area (Å²) in [6.07, 6.45) is 0.0457. The second-order valence-electron chi connectivity index (χ2n) is 13.7. The van der Waals surface area contributed by atoms with Crippen LogP contribution >= 0.6 is 0 Å². The Labute approximate surface area is 352 Å². The molecular weight excluding hydrogens is 835 g/mol. The van der Waals surface area contributed by atoms with Crippen LogP contribution in [0.4, 0.5) is 37.7 Å². The van der Waals surface area contributed by atoms with Crippen molar-refractivity contribution in [2.24, 2.45) is 0 Å². The predicted molar refractivity (Wildman–Crippen MR) is 219 cm³/mol. The summed E-state index contributed by atoms with van der Waals surface area (Å²) in [5.74, 6) is -1.63. The summed E-state index contributed by atoms with van der Waals surface area (Å²) in [4.78, 5) is 48.8. The lowest BCUT2D eigenvalue weighted by atomic mass is 9.67. The first kappa shape index (κ1) is 42.7. The summed E-state index contributed by atoms with van der Waals surface area (Å²) in [7, 11) is 0. The maximum absolute atomic E-state index is 13.9. The first-order valence-electron chi connectivity index (χ1n) is 18.4. The van der Waals surface area contributed by atoms with Crippen molar-refractivity contribution in [3.8, 4) is 22.6 Å². The van der Waals surface area contributed by atoms with E-state index < -0.39 is 51.0 Å². The van der Waals surface area contributed by atoms with Crippen molar-refractivity contribution in [1.82, 2.24) is 0 Å². The summed E-state index contributed by atoms with van der Waals surface area (Å²) >= 11 is 0. The molecule has 10 nitrogen and oxygen atoms in total. The van der Waals surface area contributed by atoms with E-state index in [-0.39, 0.29) is 34.0 Å². The second-order valence-corrected chi connectivity index (χ2v) is 13.7. The van der Waals surface area contributed by atoms with Crippen LogP contribution in [0.5, 0.6) is 11.5 Å². The molecule has 0 spiro atoms. The van der Waals surface area contributed by atoms with Gasteiger partial charge in [0.2, 0.25) is 0 Å². The molecule has 16 heteroatoms. The molecule has 314 valence electrons. The van der Waals surface area contributed by atoms with Crippen molar-refractivity contribution in [3.05, 3.63) is 235 Å². The fraction of sp³-hybridized carbons (Fsp3) is 0.0213. The van der Waals surface area contributed by atoms with Crippen LogP contribution in [0, 0.1) is 20.2 Å². The molecule has 0 aliphatic heterocycles. The Morgan fingerprint density at radius 1 is 0.492 bits per heavy atom. The number of rotatable bonds is 14. The number of ether oxygens (including phenoxy) is 2. The number of non-ortho nitro benzene ring substituents is 2. The van der Waals surface area contributed by atoms with Crippen LogP contribution < -0.4 is 9.47 Å². The Bertz CT molecular complexity index is 2720. The van der Waals surface area contributed by atoms with Gasteiger partial charge in [0, 0.05) is 35.4 Å². The number of ketones is 2. The van der Waals surface area contributed by atoms with Gasteiger partial charge in [0.1, 0.15) is 11.5 Å². The van der Waals surface area contributed by atoms with Gasteiger partial charge >= 0.3 is 24.2 Å². The van der Waals surface area contributed by atoms with E-state index in [4.69, 9.17) is 0 Å². The van der Waals surface area contributed by atoms with Crippen LogP contribution in [-0.4, -0.2) is 21.4 Å². The van der Waals surface area contributed by atoms with Crippen molar-refractivity contribution in [2.75, 3.05) is 0 Å². The zero-order valence-corrected chi connectivity index (χ0v) is 31.9. The van der Waals surface area contributed by atoms with E-state index in [1.807, 2.05) is 0 Å². The van der Waals surface area contributed by atoms with Crippen LogP contribution in [-0.2, 0) is 5.41 Å². The highest BCUT2D eigenvalue weighted by Gasteiger charge is 2.47. The highest BCUT2D eigenvalue weighted by atomic mass is 19.3. The summed E-state index contributed by atoms with van der Waals surface area (Å²) in [5, 5.41) is 22.2. The van der Waals surface area contributed by atoms with Crippen molar-refractivity contribution >= 4 is 35.1 Å². The van der Waals surface area contributed by atoms with Gasteiger partial charge in [-0.3, -0.25) is 29.8 Å². The molecule has 0 aromatic heterocycles. The minimum Gasteiger partial charge on any atom is -0.428 e. The lowest BCUT2D eigenvalue weighted by Crippen LogP contribution is -2.29. The normalized spacial score (nSPS) is 12.3. The van der Waals surface area contributed by atoms with Crippen molar-refractivity contribution in [1.29, 1.82) is 0 Å². The lowest BCUT2D eigenvalue weighted by Gasteiger charge is -2.34. The fourth-order valence-electron chi connectivity index (χ4n) is 7.20. The van der Waals surface area contributed by atoms with Gasteiger partial charge in [-0.05, 0) is 117 Å². The standard InChI is InChI=1S/C47H26F6N2O8/c48-43(49)45(52)62-35-17-9-31(10-18-35)47(32-11-19-36(20-12-32)63-46(53)44(50)51)39-25-29(41(56)23-5-27-1-13-33(14-2-27)54(58)59)7-21-37(39)38-22-8-30(26-40(38)47)42(57)24-6-28-3-15-34(16-4-28)55(60)61/h1-26H. The number of allylic oxidation sites excluding steroid dienone is 2. The molecule has 0 N–H and O–H groups in total. The molecule has 6 aromatic carbocycles. The van der Waals surface area contributed by atoms with Crippen LogP contribution in [0.2, 0.25) is 0 Å². The number of hydrogen-bond acceptors (Lipinski definition) is 8. The average molecular weight is 861 g/mol. The highest BCUT2D eigenvalue weighted by Crippen LogP contribution is 2.57. The van der Waals surface area contributed by atoms with Crippen molar-refractivity contribution in [2.45, 2.75) is 5.41 Å².